The van der Waals surface area contributed by atoms with Crippen LogP contribution in [0, 0.1) is 0 Å². The highest BCUT2D eigenvalue weighted by Gasteiger charge is 2.14. The molecule has 0 atom stereocenters. The first-order valence-corrected chi connectivity index (χ1v) is 5.21. The average molecular weight is 236 g/mol. The van der Waals surface area contributed by atoms with Crippen LogP contribution in [-0.2, 0) is 4.79 Å². The number of carbonyl (C=O) groups is 1. The van der Waals surface area contributed by atoms with Crippen LogP contribution in [0.4, 0.5) is 0 Å². The normalized spacial score (nSPS) is 11.7. The van der Waals surface area contributed by atoms with Crippen LogP contribution in [0.2, 0.25) is 0 Å². The van der Waals surface area contributed by atoms with Gasteiger partial charge in [-0.1, -0.05) is 6.07 Å². The number of carboxylic acids is 1. The van der Waals surface area contributed by atoms with Crippen molar-refractivity contribution in [2.75, 3.05) is 0 Å². The monoisotopic (exact) mass is 236 g/mol. The summed E-state index contributed by atoms with van der Waals surface area (Å²) in [7, 11) is 0. The van der Waals surface area contributed by atoms with Gasteiger partial charge in [0, 0.05) is 6.08 Å². The van der Waals surface area contributed by atoms with Crippen molar-refractivity contribution in [3.8, 4) is 11.5 Å². The van der Waals surface area contributed by atoms with Gasteiger partial charge in [0.15, 0.2) is 11.5 Å². The van der Waals surface area contributed by atoms with E-state index in [1.807, 2.05) is 20.8 Å². The highest BCUT2D eigenvalue weighted by Crippen LogP contribution is 2.30. The molecule has 0 aliphatic carbocycles. The highest BCUT2D eigenvalue weighted by atomic mass is 16.5. The Labute approximate surface area is 100 Å². The molecule has 1 aromatic carbocycles. The zero-order valence-corrected chi connectivity index (χ0v) is 10.1. The third-order valence-corrected chi connectivity index (χ3v) is 1.82. The summed E-state index contributed by atoms with van der Waals surface area (Å²) in [6.07, 6.45) is 2.48. The summed E-state index contributed by atoms with van der Waals surface area (Å²) in [6.45, 7) is 5.60. The lowest BCUT2D eigenvalue weighted by atomic mass is 10.1. The number of carboxylic acid groups (broad SMARTS) is 1. The molecule has 0 aliphatic rings. The molecule has 0 aliphatic heterocycles. The van der Waals surface area contributed by atoms with Gasteiger partial charge in [0.05, 0.1) is 0 Å². The first-order chi connectivity index (χ1) is 7.78. The molecule has 1 aromatic rings. The predicted molar refractivity (Wildman–Crippen MR) is 65.2 cm³/mol. The van der Waals surface area contributed by atoms with E-state index in [4.69, 9.17) is 9.84 Å². The number of aliphatic carboxylic acids is 1. The summed E-state index contributed by atoms with van der Waals surface area (Å²) >= 11 is 0. The van der Waals surface area contributed by atoms with E-state index in [1.54, 1.807) is 12.1 Å². The van der Waals surface area contributed by atoms with Crippen LogP contribution in [0.3, 0.4) is 0 Å². The minimum absolute atomic E-state index is 0.0346. The standard InChI is InChI=1S/C13H16O4/c1-13(2,3)17-11-8-9(4-6-10(11)14)5-7-12(15)16/h4-8,14H,1-3H3,(H,15,16). The lowest BCUT2D eigenvalue weighted by molar-refractivity contribution is -0.131. The van der Waals surface area contributed by atoms with Crippen molar-refractivity contribution in [1.82, 2.24) is 0 Å². The molecule has 17 heavy (non-hydrogen) atoms. The Morgan fingerprint density at radius 2 is 2.00 bits per heavy atom. The van der Waals surface area contributed by atoms with E-state index in [9.17, 15) is 9.90 Å². The van der Waals surface area contributed by atoms with Crippen molar-refractivity contribution in [2.45, 2.75) is 26.4 Å². The molecule has 0 radical (unpaired) electrons. The first-order valence-electron chi connectivity index (χ1n) is 5.21. The number of benzene rings is 1. The molecule has 0 fully saturated rings. The summed E-state index contributed by atoms with van der Waals surface area (Å²) < 4.78 is 5.55. The number of phenols is 1. The first kappa shape index (κ1) is 13.1. The van der Waals surface area contributed by atoms with Crippen LogP contribution in [0.15, 0.2) is 24.3 Å². The van der Waals surface area contributed by atoms with Gasteiger partial charge in [0.2, 0.25) is 0 Å². The fraction of sp³-hybridized carbons (Fsp3) is 0.308. The molecule has 92 valence electrons. The lowest BCUT2D eigenvalue weighted by Crippen LogP contribution is -2.23. The van der Waals surface area contributed by atoms with Crippen LogP contribution in [0.1, 0.15) is 26.3 Å². The maximum Gasteiger partial charge on any atom is 0.328 e. The molecule has 0 amide bonds. The molecular weight excluding hydrogens is 220 g/mol. The van der Waals surface area contributed by atoms with E-state index in [0.29, 0.717) is 11.3 Å². The van der Waals surface area contributed by atoms with Crippen molar-refractivity contribution < 1.29 is 19.7 Å². The van der Waals surface area contributed by atoms with Gasteiger partial charge in [-0.05, 0) is 44.5 Å². The topological polar surface area (TPSA) is 66.8 Å². The Bertz CT molecular complexity index is 441. The zero-order chi connectivity index (χ0) is 13.1. The molecule has 0 heterocycles. The van der Waals surface area contributed by atoms with Gasteiger partial charge < -0.3 is 14.9 Å². The maximum atomic E-state index is 10.4. The highest BCUT2D eigenvalue weighted by molar-refractivity contribution is 5.85. The number of aromatic hydroxyl groups is 1. The smallest absolute Gasteiger partial charge is 0.328 e. The van der Waals surface area contributed by atoms with Crippen molar-refractivity contribution in [1.29, 1.82) is 0 Å². The molecular formula is C13H16O4. The van der Waals surface area contributed by atoms with Gasteiger partial charge in [-0.2, -0.15) is 0 Å². The number of hydrogen-bond acceptors (Lipinski definition) is 3. The third-order valence-electron chi connectivity index (χ3n) is 1.82. The van der Waals surface area contributed by atoms with Crippen LogP contribution in [0.25, 0.3) is 6.08 Å². The zero-order valence-electron chi connectivity index (χ0n) is 10.1. The Morgan fingerprint density at radius 3 is 2.53 bits per heavy atom. The third kappa shape index (κ3) is 4.59. The average Bonchev–Trinajstić information content (AvgIpc) is 2.17. The number of phenolic OH excluding ortho intramolecular Hbond substituents is 1. The Balaban J connectivity index is 2.98. The Hall–Kier alpha value is -1.97. The summed E-state index contributed by atoms with van der Waals surface area (Å²) in [5, 5.41) is 18.1. The second-order valence-electron chi connectivity index (χ2n) is 4.61. The molecule has 0 saturated heterocycles. The molecule has 0 spiro atoms. The quantitative estimate of drug-likeness (QED) is 0.792. The molecule has 4 heteroatoms. The van der Waals surface area contributed by atoms with Crippen LogP contribution < -0.4 is 4.74 Å². The van der Waals surface area contributed by atoms with Gasteiger partial charge in [0.1, 0.15) is 5.60 Å². The Morgan fingerprint density at radius 1 is 1.35 bits per heavy atom. The summed E-state index contributed by atoms with van der Waals surface area (Å²) in [4.78, 5) is 10.4. The Kier molecular flexibility index (Phi) is 3.78. The van der Waals surface area contributed by atoms with E-state index in [1.165, 1.54) is 12.1 Å². The largest absolute Gasteiger partial charge is 0.504 e. The summed E-state index contributed by atoms with van der Waals surface area (Å²) in [5.74, 6) is -0.645. The van der Waals surface area contributed by atoms with Crippen molar-refractivity contribution in [3.63, 3.8) is 0 Å². The van der Waals surface area contributed by atoms with E-state index in [0.717, 1.165) is 6.08 Å². The summed E-state index contributed by atoms with van der Waals surface area (Å²) in [5.41, 5.74) is 0.233. The second kappa shape index (κ2) is 4.91. The van der Waals surface area contributed by atoms with Gasteiger partial charge in [0.25, 0.3) is 0 Å². The number of hydrogen-bond donors (Lipinski definition) is 2. The predicted octanol–water partition coefficient (Wildman–Crippen LogP) is 2.67. The minimum Gasteiger partial charge on any atom is -0.504 e. The number of rotatable bonds is 3. The molecule has 1 rings (SSSR count). The van der Waals surface area contributed by atoms with Crippen molar-refractivity contribution in [3.05, 3.63) is 29.8 Å². The van der Waals surface area contributed by atoms with Crippen molar-refractivity contribution in [2.24, 2.45) is 0 Å². The van der Waals surface area contributed by atoms with E-state index in [2.05, 4.69) is 0 Å². The van der Waals surface area contributed by atoms with Gasteiger partial charge in [-0.15, -0.1) is 0 Å². The molecule has 0 aromatic heterocycles. The van der Waals surface area contributed by atoms with Crippen LogP contribution in [0.5, 0.6) is 11.5 Å². The summed E-state index contributed by atoms with van der Waals surface area (Å²) in [6, 6.07) is 4.69. The van der Waals surface area contributed by atoms with E-state index >= 15 is 0 Å². The molecule has 0 unspecified atom stereocenters. The van der Waals surface area contributed by atoms with Crippen LogP contribution in [-0.4, -0.2) is 21.8 Å². The number of ether oxygens (including phenoxy) is 1. The van der Waals surface area contributed by atoms with Gasteiger partial charge >= 0.3 is 5.97 Å². The maximum absolute atomic E-state index is 10.4. The molecule has 4 nitrogen and oxygen atoms in total. The minimum atomic E-state index is -1.02. The fourth-order valence-electron chi connectivity index (χ4n) is 1.21. The lowest BCUT2D eigenvalue weighted by Gasteiger charge is -2.22. The van der Waals surface area contributed by atoms with E-state index < -0.39 is 11.6 Å². The fourth-order valence-corrected chi connectivity index (χ4v) is 1.21. The molecule has 0 bridgehead atoms. The van der Waals surface area contributed by atoms with Crippen molar-refractivity contribution >= 4 is 12.0 Å². The van der Waals surface area contributed by atoms with Gasteiger partial charge in [-0.3, -0.25) is 0 Å². The second-order valence-corrected chi connectivity index (χ2v) is 4.61. The van der Waals surface area contributed by atoms with Crippen LogP contribution >= 0.6 is 0 Å². The molecule has 2 N–H and O–H groups in total. The molecule has 0 saturated carbocycles. The van der Waals surface area contributed by atoms with E-state index in [-0.39, 0.29) is 5.75 Å². The van der Waals surface area contributed by atoms with Gasteiger partial charge in [-0.25, -0.2) is 4.79 Å². The SMILES string of the molecule is CC(C)(C)Oc1cc(C=CC(=O)O)ccc1O.